The molecule has 0 aromatic carbocycles. The van der Waals surface area contributed by atoms with E-state index < -0.39 is 29.2 Å². The number of aromatic nitrogens is 3. The molecule has 2 amide bonds. The van der Waals surface area contributed by atoms with E-state index in [1.54, 1.807) is 12.3 Å². The van der Waals surface area contributed by atoms with Crippen molar-refractivity contribution in [3.63, 3.8) is 0 Å². The minimum Gasteiger partial charge on any atom is -0.477 e. The maximum Gasteiger partial charge on any atom is 0.352 e. The molecule has 5 heterocycles. The number of amides is 2. The Labute approximate surface area is 225 Å². The quantitative estimate of drug-likeness (QED) is 0.153. The van der Waals surface area contributed by atoms with E-state index in [9.17, 15) is 19.5 Å². The molecule has 12 nitrogen and oxygen atoms in total. The molecule has 3 aromatic heterocycles. The maximum atomic E-state index is 13.1. The first-order valence-corrected chi connectivity index (χ1v) is 13.9. The first-order chi connectivity index (χ1) is 18.3. The summed E-state index contributed by atoms with van der Waals surface area (Å²) < 4.78 is 4.04. The fourth-order valence-corrected chi connectivity index (χ4v) is 6.42. The molecule has 198 valence electrons. The summed E-state index contributed by atoms with van der Waals surface area (Å²) in [5.41, 5.74) is 8.48. The molecule has 5 rings (SSSR count). The van der Waals surface area contributed by atoms with Crippen molar-refractivity contribution < 1.29 is 28.9 Å². The van der Waals surface area contributed by atoms with Crippen LogP contribution in [-0.4, -0.2) is 66.7 Å². The number of nitrogens with one attached hydrogen (secondary N) is 1. The smallest absolute Gasteiger partial charge is 0.352 e. The van der Waals surface area contributed by atoms with Crippen LogP contribution >= 0.6 is 23.1 Å². The number of aryl methyl sites for hydroxylation is 1. The number of carbonyl (C=O) groups excluding carboxylic acids is 2. The number of thiazole rings is 1. The van der Waals surface area contributed by atoms with Gasteiger partial charge in [-0.3, -0.25) is 14.5 Å². The molecule has 2 aliphatic heterocycles. The van der Waals surface area contributed by atoms with E-state index in [-0.39, 0.29) is 28.8 Å². The monoisotopic (exact) mass is 556 g/mol. The van der Waals surface area contributed by atoms with Crippen molar-refractivity contribution >= 4 is 57.2 Å². The SMILES string of the molecule is CCO/N=C(\C(=O)N[C@@H]1C(=O)N2C(C(=O)O)=C(C[n+]3cc(CC)n4cccc4c3)CS[C@@H]12)c1csc(N)n1. The van der Waals surface area contributed by atoms with Gasteiger partial charge in [0.2, 0.25) is 0 Å². The number of carboxylic acid groups (broad SMARTS) is 1. The Morgan fingerprint density at radius 3 is 2.87 bits per heavy atom. The number of thioether (sulfide) groups is 1. The molecule has 14 heteroatoms. The van der Waals surface area contributed by atoms with Gasteiger partial charge in [-0.2, -0.15) is 4.57 Å². The summed E-state index contributed by atoms with van der Waals surface area (Å²) in [7, 11) is 0. The normalized spacial score (nSPS) is 19.4. The van der Waals surface area contributed by atoms with E-state index in [0.717, 1.165) is 29.0 Å². The van der Waals surface area contributed by atoms with Crippen LogP contribution in [0.4, 0.5) is 5.13 Å². The van der Waals surface area contributed by atoms with Crippen LogP contribution < -0.4 is 15.6 Å². The molecule has 0 spiro atoms. The summed E-state index contributed by atoms with van der Waals surface area (Å²) in [6.07, 6.45) is 6.74. The Balaban J connectivity index is 1.37. The number of rotatable bonds is 9. The molecule has 0 unspecified atom stereocenters. The van der Waals surface area contributed by atoms with Crippen molar-refractivity contribution in [2.45, 2.75) is 38.2 Å². The third-order valence-corrected chi connectivity index (χ3v) is 8.25. The predicted molar refractivity (Wildman–Crippen MR) is 141 cm³/mol. The zero-order valence-electron chi connectivity index (χ0n) is 20.7. The molecule has 3 aromatic rings. The summed E-state index contributed by atoms with van der Waals surface area (Å²) in [6.45, 7) is 4.34. The first-order valence-electron chi connectivity index (χ1n) is 11.9. The molecule has 0 bridgehead atoms. The Hall–Kier alpha value is -3.91. The van der Waals surface area contributed by atoms with E-state index in [1.807, 2.05) is 35.3 Å². The number of nitrogens with two attached hydrogens (primary N) is 1. The van der Waals surface area contributed by atoms with Crippen LogP contribution in [0.15, 0.2) is 52.5 Å². The van der Waals surface area contributed by atoms with Crippen LogP contribution in [-0.2, 0) is 32.2 Å². The van der Waals surface area contributed by atoms with Gasteiger partial charge in [-0.15, -0.1) is 23.1 Å². The molecule has 2 aliphatic rings. The average Bonchev–Trinajstić information content (AvgIpc) is 3.55. The summed E-state index contributed by atoms with van der Waals surface area (Å²) in [5, 5.41) is 17.9. The average molecular weight is 557 g/mol. The highest BCUT2D eigenvalue weighted by atomic mass is 32.2. The third kappa shape index (κ3) is 4.60. The Bertz CT molecular complexity index is 1490. The highest BCUT2D eigenvalue weighted by molar-refractivity contribution is 8.00. The standard InChI is InChI=1S/C24H25N7O5S2/c1-3-14-9-29(10-15-6-5-7-30(14)15)8-13-11-37-22-18(21(33)31(22)19(13)23(34)35)27-20(32)17(28-36-4-2)16-12-38-24(25)26-16/h5-7,9-10,12,18,22H,3-4,8,11H2,1-2H3,(H3-,25,26,27,32,34,35)/p+1/b28-17-/t18-,22+/m1/s1. The van der Waals surface area contributed by atoms with E-state index >= 15 is 0 Å². The molecule has 0 aliphatic carbocycles. The van der Waals surface area contributed by atoms with Gasteiger partial charge in [0.25, 0.3) is 11.8 Å². The second-order valence-electron chi connectivity index (χ2n) is 8.63. The van der Waals surface area contributed by atoms with Crippen LogP contribution in [0.1, 0.15) is 25.2 Å². The molecule has 0 saturated carbocycles. The highest BCUT2D eigenvalue weighted by Gasteiger charge is 2.54. The zero-order valence-corrected chi connectivity index (χ0v) is 22.3. The fraction of sp³-hybridized carbons (Fsp3) is 0.333. The number of hydrogen-bond acceptors (Lipinski definition) is 9. The van der Waals surface area contributed by atoms with Gasteiger partial charge in [0.05, 0.1) is 5.69 Å². The van der Waals surface area contributed by atoms with E-state index in [4.69, 9.17) is 10.6 Å². The number of carboxylic acids is 1. The number of oxime groups is 1. The van der Waals surface area contributed by atoms with Crippen molar-refractivity contribution in [1.82, 2.24) is 19.6 Å². The Morgan fingerprint density at radius 2 is 2.18 bits per heavy atom. The number of hydrogen-bond donors (Lipinski definition) is 3. The molecular formula is C24H26N7O5S2+. The Morgan fingerprint density at radius 1 is 1.37 bits per heavy atom. The minimum absolute atomic E-state index is 0.0412. The van der Waals surface area contributed by atoms with Crippen LogP contribution in [0.2, 0.25) is 0 Å². The second kappa shape index (κ2) is 10.5. The minimum atomic E-state index is -1.18. The van der Waals surface area contributed by atoms with Crippen LogP contribution in [0.5, 0.6) is 0 Å². The molecule has 1 saturated heterocycles. The van der Waals surface area contributed by atoms with Crippen LogP contribution in [0.3, 0.4) is 0 Å². The number of anilines is 1. The van der Waals surface area contributed by atoms with E-state index in [2.05, 4.69) is 26.8 Å². The lowest BCUT2D eigenvalue weighted by Gasteiger charge is -2.49. The van der Waals surface area contributed by atoms with Gasteiger partial charge in [-0.25, -0.2) is 9.78 Å². The third-order valence-electron chi connectivity index (χ3n) is 6.24. The lowest BCUT2D eigenvalue weighted by atomic mass is 10.0. The van der Waals surface area contributed by atoms with Gasteiger partial charge in [-0.1, -0.05) is 12.1 Å². The largest absolute Gasteiger partial charge is 0.477 e. The lowest BCUT2D eigenvalue weighted by Crippen LogP contribution is -2.71. The second-order valence-corrected chi connectivity index (χ2v) is 10.6. The van der Waals surface area contributed by atoms with Crippen molar-refractivity contribution in [2.24, 2.45) is 5.16 Å². The number of β-lactam (4-membered cyclic amide) rings is 1. The van der Waals surface area contributed by atoms with Crippen molar-refractivity contribution in [3.8, 4) is 0 Å². The summed E-state index contributed by atoms with van der Waals surface area (Å²) >= 11 is 2.55. The van der Waals surface area contributed by atoms with Crippen molar-refractivity contribution in [3.05, 3.63) is 58.8 Å². The topological polar surface area (TPSA) is 156 Å². The van der Waals surface area contributed by atoms with Crippen molar-refractivity contribution in [2.75, 3.05) is 18.1 Å². The van der Waals surface area contributed by atoms with Gasteiger partial charge < -0.3 is 25.4 Å². The summed E-state index contributed by atoms with van der Waals surface area (Å²) in [6, 6.07) is 3.04. The number of carbonyl (C=O) groups is 3. The van der Waals surface area contributed by atoms with Gasteiger partial charge in [0, 0.05) is 22.9 Å². The maximum absolute atomic E-state index is 13.1. The number of aliphatic carboxylic acids is 1. The van der Waals surface area contributed by atoms with E-state index in [0.29, 0.717) is 17.9 Å². The lowest BCUT2D eigenvalue weighted by molar-refractivity contribution is -0.688. The first kappa shape index (κ1) is 25.7. The number of nitrogen functional groups attached to an aromatic ring is 1. The predicted octanol–water partition coefficient (Wildman–Crippen LogP) is 1.01. The molecule has 0 radical (unpaired) electrons. The number of nitrogens with zero attached hydrogens (tertiary/aromatic N) is 5. The zero-order chi connectivity index (χ0) is 27.0. The van der Waals surface area contributed by atoms with Gasteiger partial charge in [0.15, 0.2) is 29.8 Å². The van der Waals surface area contributed by atoms with Gasteiger partial charge >= 0.3 is 5.97 Å². The summed E-state index contributed by atoms with van der Waals surface area (Å²) in [4.78, 5) is 48.9. The molecule has 1 fully saturated rings. The molecular weight excluding hydrogens is 530 g/mol. The van der Waals surface area contributed by atoms with Crippen LogP contribution in [0.25, 0.3) is 5.52 Å². The number of fused-ring (bicyclic) bond motifs is 2. The van der Waals surface area contributed by atoms with Gasteiger partial charge in [-0.05, 0) is 25.5 Å². The van der Waals surface area contributed by atoms with Crippen molar-refractivity contribution in [1.29, 1.82) is 0 Å². The summed E-state index contributed by atoms with van der Waals surface area (Å²) in [5.74, 6) is -1.94. The molecule has 2 atom stereocenters. The highest BCUT2D eigenvalue weighted by Crippen LogP contribution is 2.40. The fourth-order valence-electron chi connectivity index (χ4n) is 4.54. The van der Waals surface area contributed by atoms with E-state index in [1.165, 1.54) is 16.7 Å². The van der Waals surface area contributed by atoms with Gasteiger partial charge in [0.1, 0.15) is 34.9 Å². The van der Waals surface area contributed by atoms with Crippen LogP contribution in [0, 0.1) is 0 Å². The Kier molecular flexibility index (Phi) is 7.08. The molecule has 38 heavy (non-hydrogen) atoms. The molecule has 4 N–H and O–H groups in total.